The van der Waals surface area contributed by atoms with Crippen molar-refractivity contribution in [1.82, 2.24) is 5.32 Å². The normalized spacial score (nSPS) is 17.7. The minimum Gasteiger partial charge on any atom is -0.486 e. The van der Waals surface area contributed by atoms with Gasteiger partial charge in [0.15, 0.2) is 11.5 Å². The summed E-state index contributed by atoms with van der Waals surface area (Å²) in [6.07, 6.45) is 4.43. The van der Waals surface area contributed by atoms with Gasteiger partial charge in [-0.1, -0.05) is 42.6 Å². The minimum absolute atomic E-state index is 0.0627. The predicted octanol–water partition coefficient (Wildman–Crippen LogP) is 4.35. The number of carbonyl (C=O) groups is 1. The fourth-order valence-corrected chi connectivity index (χ4v) is 4.20. The molecule has 0 aromatic heterocycles. The van der Waals surface area contributed by atoms with E-state index < -0.39 is 0 Å². The molecule has 4 nitrogen and oxygen atoms in total. The van der Waals surface area contributed by atoms with E-state index >= 15 is 0 Å². The van der Waals surface area contributed by atoms with Crippen LogP contribution in [0.2, 0.25) is 5.02 Å². The minimum atomic E-state index is -0.126. The van der Waals surface area contributed by atoms with Gasteiger partial charge in [0, 0.05) is 12.0 Å². The molecule has 5 heteroatoms. The predicted molar refractivity (Wildman–Crippen MR) is 101 cm³/mol. The Morgan fingerprint density at radius 1 is 1.04 bits per heavy atom. The molecule has 0 bridgehead atoms. The molecule has 26 heavy (non-hydrogen) atoms. The lowest BCUT2D eigenvalue weighted by atomic mass is 9.78. The number of hydrogen-bond acceptors (Lipinski definition) is 3. The van der Waals surface area contributed by atoms with Gasteiger partial charge in [-0.05, 0) is 42.7 Å². The number of fused-ring (bicyclic) bond motifs is 1. The maximum absolute atomic E-state index is 12.6. The van der Waals surface area contributed by atoms with Crippen LogP contribution in [-0.2, 0) is 5.41 Å². The molecule has 0 spiro atoms. The summed E-state index contributed by atoms with van der Waals surface area (Å²) in [7, 11) is 0. The first kappa shape index (κ1) is 17.2. The van der Waals surface area contributed by atoms with Gasteiger partial charge in [-0.15, -0.1) is 0 Å². The van der Waals surface area contributed by atoms with Gasteiger partial charge in [-0.25, -0.2) is 0 Å². The van der Waals surface area contributed by atoms with Crippen molar-refractivity contribution in [3.63, 3.8) is 0 Å². The first-order valence-electron chi connectivity index (χ1n) is 9.11. The van der Waals surface area contributed by atoms with Gasteiger partial charge in [0.05, 0.1) is 10.6 Å². The van der Waals surface area contributed by atoms with Crippen LogP contribution < -0.4 is 14.8 Å². The molecule has 1 aliphatic heterocycles. The highest BCUT2D eigenvalue weighted by Crippen LogP contribution is 2.43. The number of rotatable bonds is 4. The van der Waals surface area contributed by atoms with Crippen LogP contribution in [0.5, 0.6) is 11.5 Å². The summed E-state index contributed by atoms with van der Waals surface area (Å²) in [5.41, 5.74) is 1.66. The molecular weight excluding hydrogens is 350 g/mol. The summed E-state index contributed by atoms with van der Waals surface area (Å²) in [6.45, 7) is 1.76. The van der Waals surface area contributed by atoms with Crippen LogP contribution in [0.3, 0.4) is 0 Å². The monoisotopic (exact) mass is 371 g/mol. The molecule has 2 aliphatic rings. The van der Waals surface area contributed by atoms with E-state index in [2.05, 4.69) is 17.4 Å². The fourth-order valence-electron chi connectivity index (χ4n) is 3.98. The highest BCUT2D eigenvalue weighted by molar-refractivity contribution is 6.33. The molecule has 0 radical (unpaired) electrons. The molecule has 2 aromatic carbocycles. The second kappa shape index (κ2) is 7.20. The van der Waals surface area contributed by atoms with Crippen molar-refractivity contribution in [2.45, 2.75) is 31.1 Å². The zero-order valence-electron chi connectivity index (χ0n) is 14.6. The lowest BCUT2D eigenvalue weighted by Crippen LogP contribution is -2.39. The highest BCUT2D eigenvalue weighted by atomic mass is 35.5. The average Bonchev–Trinajstić information content (AvgIpc) is 3.16. The van der Waals surface area contributed by atoms with Crippen LogP contribution in [0, 0.1) is 0 Å². The van der Waals surface area contributed by atoms with E-state index in [0.717, 1.165) is 37.2 Å². The van der Waals surface area contributed by atoms with Gasteiger partial charge in [-0.2, -0.15) is 0 Å². The lowest BCUT2D eigenvalue weighted by Gasteiger charge is -2.31. The molecule has 1 aliphatic carbocycles. The van der Waals surface area contributed by atoms with Gasteiger partial charge in [-0.3, -0.25) is 4.79 Å². The van der Waals surface area contributed by atoms with Gasteiger partial charge in [0.25, 0.3) is 5.91 Å². The van der Waals surface area contributed by atoms with Gasteiger partial charge in [0.1, 0.15) is 13.2 Å². The van der Waals surface area contributed by atoms with Crippen molar-refractivity contribution in [2.75, 3.05) is 19.8 Å². The molecule has 0 saturated heterocycles. The summed E-state index contributed by atoms with van der Waals surface area (Å²) < 4.78 is 11.4. The lowest BCUT2D eigenvalue weighted by molar-refractivity contribution is 0.0943. The van der Waals surface area contributed by atoms with E-state index in [4.69, 9.17) is 21.1 Å². The molecule has 136 valence electrons. The van der Waals surface area contributed by atoms with Crippen LogP contribution in [0.1, 0.15) is 41.6 Å². The molecule has 1 N–H and O–H groups in total. The molecular formula is C21H22ClNO3. The maximum Gasteiger partial charge on any atom is 0.252 e. The molecule has 1 fully saturated rings. The number of carbonyl (C=O) groups excluding carboxylic acids is 1. The summed E-state index contributed by atoms with van der Waals surface area (Å²) in [5, 5.41) is 3.58. The molecule has 0 atom stereocenters. The highest BCUT2D eigenvalue weighted by Gasteiger charge is 2.37. The smallest absolute Gasteiger partial charge is 0.252 e. The van der Waals surface area contributed by atoms with Crippen molar-refractivity contribution >= 4 is 17.5 Å². The Bertz CT molecular complexity index is 815. The van der Waals surface area contributed by atoms with E-state index in [1.807, 2.05) is 18.2 Å². The second-order valence-corrected chi connectivity index (χ2v) is 7.42. The van der Waals surface area contributed by atoms with Crippen molar-refractivity contribution in [2.24, 2.45) is 0 Å². The van der Waals surface area contributed by atoms with E-state index in [-0.39, 0.29) is 11.3 Å². The standard InChI is InChI=1S/C21H22ClNO3/c22-17-6-2-1-5-16(17)20(24)23-14-21(9-3-4-10-21)15-7-8-18-19(13-15)26-12-11-25-18/h1-2,5-8,13H,3-4,9-12,14H2,(H,23,24). The molecule has 2 aromatic rings. The van der Waals surface area contributed by atoms with Crippen molar-refractivity contribution in [3.05, 3.63) is 58.6 Å². The molecule has 1 heterocycles. The van der Waals surface area contributed by atoms with Gasteiger partial charge < -0.3 is 14.8 Å². The Morgan fingerprint density at radius 3 is 2.54 bits per heavy atom. The Hall–Kier alpha value is -2.20. The number of halogens is 1. The number of ether oxygens (including phenoxy) is 2. The molecule has 1 amide bonds. The van der Waals surface area contributed by atoms with Crippen LogP contribution in [-0.4, -0.2) is 25.7 Å². The van der Waals surface area contributed by atoms with Gasteiger partial charge >= 0.3 is 0 Å². The first-order chi connectivity index (χ1) is 12.7. The topological polar surface area (TPSA) is 47.6 Å². The molecule has 0 unspecified atom stereocenters. The SMILES string of the molecule is O=C(NCC1(c2ccc3c(c2)OCCO3)CCCC1)c1ccccc1Cl. The number of amides is 1. The van der Waals surface area contributed by atoms with E-state index in [1.54, 1.807) is 12.1 Å². The molecule has 1 saturated carbocycles. The van der Waals surface area contributed by atoms with Gasteiger partial charge in [0.2, 0.25) is 0 Å². The number of hydrogen-bond donors (Lipinski definition) is 1. The Morgan fingerprint density at radius 2 is 1.77 bits per heavy atom. The maximum atomic E-state index is 12.6. The van der Waals surface area contributed by atoms with Crippen molar-refractivity contribution < 1.29 is 14.3 Å². The molecule has 4 rings (SSSR count). The Balaban J connectivity index is 1.55. The fraction of sp³-hybridized carbons (Fsp3) is 0.381. The Labute approximate surface area is 158 Å². The summed E-state index contributed by atoms with van der Waals surface area (Å²) in [6, 6.07) is 13.3. The summed E-state index contributed by atoms with van der Waals surface area (Å²) in [4.78, 5) is 12.6. The van der Waals surface area contributed by atoms with Crippen LogP contribution in [0.25, 0.3) is 0 Å². The van der Waals surface area contributed by atoms with Crippen LogP contribution in [0.15, 0.2) is 42.5 Å². The largest absolute Gasteiger partial charge is 0.486 e. The zero-order chi connectivity index (χ0) is 18.0. The van der Waals surface area contributed by atoms with E-state index in [9.17, 15) is 4.79 Å². The third-order valence-corrected chi connectivity index (χ3v) is 5.75. The number of nitrogens with one attached hydrogen (secondary N) is 1. The van der Waals surface area contributed by atoms with Crippen LogP contribution >= 0.6 is 11.6 Å². The average molecular weight is 372 g/mol. The van der Waals surface area contributed by atoms with E-state index in [1.165, 1.54) is 5.56 Å². The van der Waals surface area contributed by atoms with Crippen LogP contribution in [0.4, 0.5) is 0 Å². The third-order valence-electron chi connectivity index (χ3n) is 5.42. The first-order valence-corrected chi connectivity index (χ1v) is 9.49. The Kier molecular flexibility index (Phi) is 4.77. The zero-order valence-corrected chi connectivity index (χ0v) is 15.3. The summed E-state index contributed by atoms with van der Waals surface area (Å²) in [5.74, 6) is 1.48. The third kappa shape index (κ3) is 3.26. The second-order valence-electron chi connectivity index (χ2n) is 7.01. The summed E-state index contributed by atoms with van der Waals surface area (Å²) >= 11 is 6.15. The quantitative estimate of drug-likeness (QED) is 0.869. The van der Waals surface area contributed by atoms with Crippen molar-refractivity contribution in [1.29, 1.82) is 0 Å². The van der Waals surface area contributed by atoms with E-state index in [0.29, 0.717) is 30.3 Å². The number of benzene rings is 2. The van der Waals surface area contributed by atoms with Crippen molar-refractivity contribution in [3.8, 4) is 11.5 Å².